The van der Waals surface area contributed by atoms with Gasteiger partial charge in [0.25, 0.3) is 0 Å². The van der Waals surface area contributed by atoms with Crippen molar-refractivity contribution in [3.05, 3.63) is 17.0 Å². The SMILES string of the molecule is Cc1noc(C)c1CNCC(O)CC1CCCC1. The molecule has 1 heterocycles. The molecule has 0 saturated heterocycles. The van der Waals surface area contributed by atoms with Gasteiger partial charge in [0.2, 0.25) is 0 Å². The molecule has 1 aromatic rings. The summed E-state index contributed by atoms with van der Waals surface area (Å²) in [6.07, 6.45) is 5.97. The third-order valence-electron chi connectivity index (χ3n) is 3.94. The molecule has 1 aliphatic carbocycles. The number of nitrogens with zero attached hydrogens (tertiary/aromatic N) is 1. The fourth-order valence-corrected chi connectivity index (χ4v) is 2.83. The summed E-state index contributed by atoms with van der Waals surface area (Å²) < 4.78 is 5.11. The van der Waals surface area contributed by atoms with E-state index >= 15 is 0 Å². The minimum Gasteiger partial charge on any atom is -0.392 e. The second-order valence-electron chi connectivity index (χ2n) is 5.47. The summed E-state index contributed by atoms with van der Waals surface area (Å²) in [7, 11) is 0. The van der Waals surface area contributed by atoms with Gasteiger partial charge in [0.15, 0.2) is 0 Å². The van der Waals surface area contributed by atoms with Crippen molar-refractivity contribution in [2.45, 2.75) is 58.6 Å². The van der Waals surface area contributed by atoms with Crippen molar-refractivity contribution >= 4 is 0 Å². The van der Waals surface area contributed by atoms with Gasteiger partial charge in [0, 0.05) is 18.7 Å². The summed E-state index contributed by atoms with van der Waals surface area (Å²) in [5, 5.41) is 17.2. The lowest BCUT2D eigenvalue weighted by Crippen LogP contribution is -2.28. The average Bonchev–Trinajstić information content (AvgIpc) is 2.93. The number of hydrogen-bond donors (Lipinski definition) is 2. The van der Waals surface area contributed by atoms with E-state index in [1.165, 1.54) is 25.7 Å². The van der Waals surface area contributed by atoms with E-state index in [1.54, 1.807) is 0 Å². The fraction of sp³-hybridized carbons (Fsp3) is 0.786. The quantitative estimate of drug-likeness (QED) is 0.815. The van der Waals surface area contributed by atoms with Gasteiger partial charge in [0.05, 0.1) is 11.8 Å². The molecule has 2 N–H and O–H groups in total. The molecule has 1 aliphatic rings. The van der Waals surface area contributed by atoms with Gasteiger partial charge in [0.1, 0.15) is 5.76 Å². The molecular weight excluding hydrogens is 228 g/mol. The number of aliphatic hydroxyl groups is 1. The number of nitrogens with one attached hydrogen (secondary N) is 1. The van der Waals surface area contributed by atoms with E-state index in [1.807, 2.05) is 13.8 Å². The Bertz CT molecular complexity index is 350. The molecule has 0 bridgehead atoms. The molecule has 0 amide bonds. The molecule has 4 nitrogen and oxygen atoms in total. The second kappa shape index (κ2) is 6.34. The van der Waals surface area contributed by atoms with E-state index in [0.717, 1.165) is 35.9 Å². The first-order valence-electron chi connectivity index (χ1n) is 6.97. The van der Waals surface area contributed by atoms with Crippen LogP contribution in [0.5, 0.6) is 0 Å². The number of rotatable bonds is 6. The van der Waals surface area contributed by atoms with Crippen molar-refractivity contribution in [1.29, 1.82) is 0 Å². The predicted octanol–water partition coefficient (Wildman–Crippen LogP) is 2.32. The highest BCUT2D eigenvalue weighted by atomic mass is 16.5. The summed E-state index contributed by atoms with van der Waals surface area (Å²) in [4.78, 5) is 0. The van der Waals surface area contributed by atoms with Crippen LogP contribution in [0.15, 0.2) is 4.52 Å². The highest BCUT2D eigenvalue weighted by Gasteiger charge is 2.18. The minimum absolute atomic E-state index is 0.228. The van der Waals surface area contributed by atoms with Gasteiger partial charge in [-0.25, -0.2) is 0 Å². The van der Waals surface area contributed by atoms with E-state index in [0.29, 0.717) is 6.54 Å². The largest absolute Gasteiger partial charge is 0.392 e. The zero-order valence-corrected chi connectivity index (χ0v) is 11.4. The molecule has 0 aromatic carbocycles. The van der Waals surface area contributed by atoms with Crippen LogP contribution in [0.3, 0.4) is 0 Å². The highest BCUT2D eigenvalue weighted by Crippen LogP contribution is 2.28. The summed E-state index contributed by atoms with van der Waals surface area (Å²) >= 11 is 0. The van der Waals surface area contributed by atoms with Crippen LogP contribution < -0.4 is 5.32 Å². The Kier molecular flexibility index (Phi) is 4.78. The molecule has 102 valence electrons. The summed E-state index contributed by atoms with van der Waals surface area (Å²) in [6, 6.07) is 0. The van der Waals surface area contributed by atoms with E-state index in [2.05, 4.69) is 10.5 Å². The van der Waals surface area contributed by atoms with Crippen LogP contribution in [-0.2, 0) is 6.54 Å². The highest BCUT2D eigenvalue weighted by molar-refractivity contribution is 5.20. The molecule has 1 saturated carbocycles. The zero-order valence-electron chi connectivity index (χ0n) is 11.4. The molecule has 0 radical (unpaired) electrons. The average molecular weight is 252 g/mol. The van der Waals surface area contributed by atoms with Crippen LogP contribution in [0, 0.1) is 19.8 Å². The van der Waals surface area contributed by atoms with E-state index < -0.39 is 0 Å². The molecule has 18 heavy (non-hydrogen) atoms. The lowest BCUT2D eigenvalue weighted by atomic mass is 10.00. The third-order valence-corrected chi connectivity index (χ3v) is 3.94. The monoisotopic (exact) mass is 252 g/mol. The first-order valence-corrected chi connectivity index (χ1v) is 6.97. The molecule has 1 atom stereocenters. The Morgan fingerprint density at radius 2 is 2.11 bits per heavy atom. The second-order valence-corrected chi connectivity index (χ2v) is 5.47. The van der Waals surface area contributed by atoms with E-state index in [-0.39, 0.29) is 6.10 Å². The van der Waals surface area contributed by atoms with E-state index in [4.69, 9.17) is 4.52 Å². The van der Waals surface area contributed by atoms with Crippen molar-refractivity contribution in [3.63, 3.8) is 0 Å². The smallest absolute Gasteiger partial charge is 0.138 e. The maximum Gasteiger partial charge on any atom is 0.138 e. The molecule has 1 aromatic heterocycles. The number of hydrogen-bond acceptors (Lipinski definition) is 4. The van der Waals surface area contributed by atoms with Gasteiger partial charge in [-0.15, -0.1) is 0 Å². The molecule has 0 aliphatic heterocycles. The Labute approximate surface area is 109 Å². The summed E-state index contributed by atoms with van der Waals surface area (Å²) in [5.74, 6) is 1.60. The summed E-state index contributed by atoms with van der Waals surface area (Å²) in [6.45, 7) is 5.25. The van der Waals surface area contributed by atoms with Crippen molar-refractivity contribution in [3.8, 4) is 0 Å². The number of aryl methyl sites for hydroxylation is 2. The van der Waals surface area contributed by atoms with Crippen molar-refractivity contribution < 1.29 is 9.63 Å². The Morgan fingerprint density at radius 1 is 1.39 bits per heavy atom. The maximum absolute atomic E-state index is 9.98. The third kappa shape index (κ3) is 3.56. The van der Waals surface area contributed by atoms with Crippen LogP contribution in [0.4, 0.5) is 0 Å². The molecule has 1 unspecified atom stereocenters. The van der Waals surface area contributed by atoms with Crippen LogP contribution >= 0.6 is 0 Å². The van der Waals surface area contributed by atoms with Gasteiger partial charge in [-0.1, -0.05) is 30.8 Å². The van der Waals surface area contributed by atoms with Gasteiger partial charge in [-0.05, 0) is 26.2 Å². The lowest BCUT2D eigenvalue weighted by molar-refractivity contribution is 0.140. The van der Waals surface area contributed by atoms with Crippen molar-refractivity contribution in [2.24, 2.45) is 5.92 Å². The fourth-order valence-electron chi connectivity index (χ4n) is 2.83. The van der Waals surface area contributed by atoms with Crippen LogP contribution in [0.25, 0.3) is 0 Å². The predicted molar refractivity (Wildman–Crippen MR) is 70.3 cm³/mol. The number of aliphatic hydroxyl groups excluding tert-OH is 1. The molecule has 2 rings (SSSR count). The van der Waals surface area contributed by atoms with Crippen LogP contribution in [-0.4, -0.2) is 22.9 Å². The normalized spacial score (nSPS) is 18.4. The Morgan fingerprint density at radius 3 is 2.72 bits per heavy atom. The van der Waals surface area contributed by atoms with Gasteiger partial charge < -0.3 is 14.9 Å². The zero-order chi connectivity index (χ0) is 13.0. The van der Waals surface area contributed by atoms with Crippen molar-refractivity contribution in [1.82, 2.24) is 10.5 Å². The topological polar surface area (TPSA) is 58.3 Å². The Balaban J connectivity index is 1.68. The standard InChI is InChI=1S/C14H24N2O2/c1-10-14(11(2)18-16-10)9-15-8-13(17)7-12-5-3-4-6-12/h12-13,15,17H,3-9H2,1-2H3. The summed E-state index contributed by atoms with van der Waals surface area (Å²) in [5.41, 5.74) is 2.05. The lowest BCUT2D eigenvalue weighted by Gasteiger charge is -2.15. The Hall–Kier alpha value is -0.870. The van der Waals surface area contributed by atoms with Crippen LogP contribution in [0.2, 0.25) is 0 Å². The maximum atomic E-state index is 9.98. The molecule has 0 spiro atoms. The first-order chi connectivity index (χ1) is 8.66. The van der Waals surface area contributed by atoms with Gasteiger partial charge >= 0.3 is 0 Å². The molecule has 1 fully saturated rings. The van der Waals surface area contributed by atoms with Crippen LogP contribution in [0.1, 0.15) is 49.1 Å². The van der Waals surface area contributed by atoms with Crippen molar-refractivity contribution in [2.75, 3.05) is 6.54 Å². The number of aromatic nitrogens is 1. The first kappa shape index (κ1) is 13.6. The van der Waals surface area contributed by atoms with Gasteiger partial charge in [-0.2, -0.15) is 0 Å². The van der Waals surface area contributed by atoms with E-state index in [9.17, 15) is 5.11 Å². The molecular formula is C14H24N2O2. The molecule has 4 heteroatoms. The minimum atomic E-state index is -0.228. The van der Waals surface area contributed by atoms with Gasteiger partial charge in [-0.3, -0.25) is 0 Å².